The molecule has 2 aliphatic heterocycles. The van der Waals surface area contributed by atoms with Crippen LogP contribution in [-0.2, 0) is 12.0 Å². The third kappa shape index (κ3) is 3.16. The van der Waals surface area contributed by atoms with E-state index in [0.29, 0.717) is 17.5 Å². The molecule has 1 unspecified atom stereocenters. The number of aromatic nitrogens is 3. The van der Waals surface area contributed by atoms with Gasteiger partial charge in [0.15, 0.2) is 0 Å². The highest BCUT2D eigenvalue weighted by atomic mass is 19.3. The standard InChI is InChI=1S/C28H25F2N5O2/c1-28(31)9-8-15-10-16(13-32-24(15)28)14-6-7-18-19(11-14)35-20-12-21(25(35)33-18)34(2)26(36)17-4-3-5-22(23(17)20)37-27(29)30/h3-7,10-11,13,20-21,27H,8-9,12,31H2,1-2H3/t20-,21-,28?/m1/s1. The Bertz CT molecular complexity index is 1610. The molecule has 7 nitrogen and oxygen atoms in total. The Hall–Kier alpha value is -3.85. The maximum absolute atomic E-state index is 13.3. The minimum Gasteiger partial charge on any atom is -0.434 e. The zero-order chi connectivity index (χ0) is 25.6. The molecule has 1 aliphatic carbocycles. The van der Waals surface area contributed by atoms with Gasteiger partial charge < -0.3 is 19.9 Å². The van der Waals surface area contributed by atoms with Crippen molar-refractivity contribution in [3.63, 3.8) is 0 Å². The van der Waals surface area contributed by atoms with E-state index in [2.05, 4.69) is 16.7 Å². The first-order valence-electron chi connectivity index (χ1n) is 12.4. The number of pyridine rings is 1. The molecule has 2 bridgehead atoms. The maximum atomic E-state index is 13.3. The molecule has 1 amide bonds. The first kappa shape index (κ1) is 22.4. The Balaban J connectivity index is 1.41. The topological polar surface area (TPSA) is 86.3 Å². The molecular weight excluding hydrogens is 476 g/mol. The lowest BCUT2D eigenvalue weighted by Crippen LogP contribution is -2.30. The van der Waals surface area contributed by atoms with Crippen LogP contribution in [0.4, 0.5) is 8.78 Å². The Morgan fingerprint density at radius 1 is 1.16 bits per heavy atom. The molecule has 4 heterocycles. The molecular formula is C28H25F2N5O2. The maximum Gasteiger partial charge on any atom is 0.387 e. The van der Waals surface area contributed by atoms with Crippen LogP contribution >= 0.6 is 0 Å². The second kappa shape index (κ2) is 7.58. The van der Waals surface area contributed by atoms with Crippen molar-refractivity contribution in [3.8, 4) is 16.9 Å². The van der Waals surface area contributed by atoms with Crippen LogP contribution in [0.2, 0.25) is 0 Å². The highest BCUT2D eigenvalue weighted by molar-refractivity contribution is 5.98. The molecule has 0 saturated heterocycles. The van der Waals surface area contributed by atoms with Gasteiger partial charge in [0.1, 0.15) is 11.6 Å². The number of ether oxygens (including phenoxy) is 1. The van der Waals surface area contributed by atoms with Crippen molar-refractivity contribution in [1.82, 2.24) is 19.4 Å². The van der Waals surface area contributed by atoms with E-state index in [0.717, 1.165) is 52.1 Å². The van der Waals surface area contributed by atoms with Gasteiger partial charge in [-0.25, -0.2) is 4.98 Å². The Labute approximate surface area is 211 Å². The average molecular weight is 502 g/mol. The minimum atomic E-state index is -2.99. The summed E-state index contributed by atoms with van der Waals surface area (Å²) in [6.07, 6.45) is 4.15. The van der Waals surface area contributed by atoms with Gasteiger partial charge >= 0.3 is 6.61 Å². The fourth-order valence-corrected chi connectivity index (χ4v) is 6.34. The number of rotatable bonds is 3. The van der Waals surface area contributed by atoms with E-state index in [1.165, 1.54) is 6.07 Å². The van der Waals surface area contributed by atoms with E-state index in [-0.39, 0.29) is 23.7 Å². The molecule has 37 heavy (non-hydrogen) atoms. The van der Waals surface area contributed by atoms with Gasteiger partial charge in [0.05, 0.1) is 34.3 Å². The second-order valence-corrected chi connectivity index (χ2v) is 10.5. The lowest BCUT2D eigenvalue weighted by atomic mass is 9.97. The summed E-state index contributed by atoms with van der Waals surface area (Å²) >= 11 is 0. The van der Waals surface area contributed by atoms with Crippen LogP contribution in [0, 0.1) is 0 Å². The number of fused-ring (bicyclic) bond motifs is 10. The third-order valence-corrected chi connectivity index (χ3v) is 8.16. The predicted molar refractivity (Wildman–Crippen MR) is 133 cm³/mol. The van der Waals surface area contributed by atoms with Gasteiger partial charge in [-0.2, -0.15) is 8.78 Å². The van der Waals surface area contributed by atoms with E-state index in [4.69, 9.17) is 20.4 Å². The molecule has 0 fully saturated rings. The fourth-order valence-electron chi connectivity index (χ4n) is 6.34. The van der Waals surface area contributed by atoms with E-state index < -0.39 is 12.2 Å². The Morgan fingerprint density at radius 3 is 2.81 bits per heavy atom. The van der Waals surface area contributed by atoms with Crippen molar-refractivity contribution >= 4 is 16.9 Å². The quantitative estimate of drug-likeness (QED) is 0.430. The van der Waals surface area contributed by atoms with Crippen LogP contribution in [-0.4, -0.2) is 39.0 Å². The first-order valence-corrected chi connectivity index (χ1v) is 12.4. The average Bonchev–Trinajstić information content (AvgIpc) is 3.50. The van der Waals surface area contributed by atoms with Gasteiger partial charge in [0.25, 0.3) is 5.91 Å². The summed E-state index contributed by atoms with van der Waals surface area (Å²) in [4.78, 5) is 24.5. The van der Waals surface area contributed by atoms with E-state index in [9.17, 15) is 13.6 Å². The van der Waals surface area contributed by atoms with Gasteiger partial charge in [-0.05, 0) is 61.2 Å². The summed E-state index contributed by atoms with van der Waals surface area (Å²) in [7, 11) is 1.74. The molecule has 2 aromatic heterocycles. The summed E-state index contributed by atoms with van der Waals surface area (Å²) in [5.74, 6) is 0.548. The molecule has 9 heteroatoms. The normalized spacial score (nSPS) is 23.8. The van der Waals surface area contributed by atoms with E-state index in [1.807, 2.05) is 25.3 Å². The summed E-state index contributed by atoms with van der Waals surface area (Å²) in [6.45, 7) is -0.979. The van der Waals surface area contributed by atoms with Crippen LogP contribution in [0.5, 0.6) is 5.75 Å². The van der Waals surface area contributed by atoms with Crippen molar-refractivity contribution in [3.05, 3.63) is 76.9 Å². The minimum absolute atomic E-state index is 0.0263. The van der Waals surface area contributed by atoms with Gasteiger partial charge in [-0.15, -0.1) is 0 Å². The highest BCUT2D eigenvalue weighted by Gasteiger charge is 2.45. The van der Waals surface area contributed by atoms with Crippen molar-refractivity contribution in [2.45, 2.75) is 50.4 Å². The van der Waals surface area contributed by atoms with Crippen molar-refractivity contribution in [1.29, 1.82) is 0 Å². The molecule has 3 aliphatic rings. The van der Waals surface area contributed by atoms with Gasteiger partial charge in [-0.1, -0.05) is 12.1 Å². The number of imidazole rings is 1. The number of carbonyl (C=O) groups excluding carboxylic acids is 1. The van der Waals surface area contributed by atoms with Crippen LogP contribution in [0.1, 0.15) is 64.9 Å². The molecule has 0 radical (unpaired) electrons. The molecule has 0 spiro atoms. The largest absolute Gasteiger partial charge is 0.434 e. The molecule has 0 saturated carbocycles. The number of hydrogen-bond acceptors (Lipinski definition) is 5. The van der Waals surface area contributed by atoms with Crippen molar-refractivity contribution < 1.29 is 18.3 Å². The SMILES string of the molecule is CN1C(=O)c2cccc(OC(F)F)c2[C@H]2C[C@@H]1c1nc3ccc(-c4cnc5c(c4)CCC5(C)N)cc3n12. The number of hydrogen-bond donors (Lipinski definition) is 1. The smallest absolute Gasteiger partial charge is 0.387 e. The monoisotopic (exact) mass is 501 g/mol. The number of aryl methyl sites for hydroxylation is 1. The number of alkyl halides is 2. The molecule has 188 valence electrons. The van der Waals surface area contributed by atoms with E-state index in [1.54, 1.807) is 24.1 Å². The number of amides is 1. The predicted octanol–water partition coefficient (Wildman–Crippen LogP) is 4.94. The number of halogens is 2. The molecule has 3 atom stereocenters. The van der Waals surface area contributed by atoms with Crippen molar-refractivity contribution in [2.24, 2.45) is 5.73 Å². The number of carbonyl (C=O) groups is 1. The number of benzene rings is 2. The van der Waals surface area contributed by atoms with Gasteiger partial charge in [-0.3, -0.25) is 9.78 Å². The number of nitrogens with two attached hydrogens (primary N) is 1. The van der Waals surface area contributed by atoms with Crippen molar-refractivity contribution in [2.75, 3.05) is 7.05 Å². The summed E-state index contributed by atoms with van der Waals surface area (Å²) in [5, 5.41) is 0. The lowest BCUT2D eigenvalue weighted by Gasteiger charge is -2.24. The molecule has 2 N–H and O–H groups in total. The summed E-state index contributed by atoms with van der Waals surface area (Å²) in [5.41, 5.74) is 12.6. The zero-order valence-electron chi connectivity index (χ0n) is 20.4. The van der Waals surface area contributed by atoms with Crippen LogP contribution in [0.15, 0.2) is 48.7 Å². The van der Waals surface area contributed by atoms with Crippen LogP contribution in [0.25, 0.3) is 22.2 Å². The Kier molecular flexibility index (Phi) is 4.58. The Morgan fingerprint density at radius 2 is 2.00 bits per heavy atom. The summed E-state index contributed by atoms with van der Waals surface area (Å²) in [6, 6.07) is 12.3. The fraction of sp³-hybridized carbons (Fsp3) is 0.321. The first-order chi connectivity index (χ1) is 17.7. The van der Waals surface area contributed by atoms with E-state index >= 15 is 0 Å². The third-order valence-electron chi connectivity index (χ3n) is 8.16. The second-order valence-electron chi connectivity index (χ2n) is 10.5. The zero-order valence-corrected chi connectivity index (χ0v) is 20.4. The summed E-state index contributed by atoms with van der Waals surface area (Å²) < 4.78 is 33.6. The molecule has 4 aromatic rings. The van der Waals surface area contributed by atoms with Gasteiger partial charge in [0, 0.05) is 36.4 Å². The van der Waals surface area contributed by atoms with Gasteiger partial charge in [0.2, 0.25) is 0 Å². The lowest BCUT2D eigenvalue weighted by molar-refractivity contribution is -0.0507. The number of nitrogens with zero attached hydrogens (tertiary/aromatic N) is 4. The van der Waals surface area contributed by atoms with Crippen LogP contribution < -0.4 is 10.5 Å². The molecule has 2 aromatic carbocycles. The molecule has 7 rings (SSSR count). The van der Waals surface area contributed by atoms with Crippen LogP contribution in [0.3, 0.4) is 0 Å². The highest BCUT2D eigenvalue weighted by Crippen LogP contribution is 2.50.